The normalized spacial score (nSPS) is 10.8. The van der Waals surface area contributed by atoms with Crippen molar-refractivity contribution >= 4 is 27.7 Å². The van der Waals surface area contributed by atoms with Gasteiger partial charge >= 0.3 is 0 Å². The third-order valence-corrected chi connectivity index (χ3v) is 4.87. The van der Waals surface area contributed by atoms with E-state index in [0.29, 0.717) is 26.8 Å². The van der Waals surface area contributed by atoms with Crippen molar-refractivity contribution in [3.05, 3.63) is 58.3 Å². The van der Waals surface area contributed by atoms with Crippen LogP contribution in [0, 0.1) is 5.82 Å². The summed E-state index contributed by atoms with van der Waals surface area (Å²) < 4.78 is 21.1. The molecule has 0 aliphatic heterocycles. The van der Waals surface area contributed by atoms with Gasteiger partial charge in [0.2, 0.25) is 5.16 Å². The van der Waals surface area contributed by atoms with Crippen LogP contribution in [0.3, 0.4) is 0 Å². The Balaban J connectivity index is 1.77. The highest BCUT2D eigenvalue weighted by Gasteiger charge is 2.13. The topological polar surface area (TPSA) is 66.0 Å². The molecule has 0 saturated carbocycles. The number of aromatic nitrogens is 3. The highest BCUT2D eigenvalue weighted by Crippen LogP contribution is 2.27. The van der Waals surface area contributed by atoms with Gasteiger partial charge in [-0.25, -0.2) is 9.07 Å². The van der Waals surface area contributed by atoms with Gasteiger partial charge in [0, 0.05) is 15.8 Å². The van der Waals surface area contributed by atoms with Gasteiger partial charge in [0.25, 0.3) is 0 Å². The molecule has 0 unspecified atom stereocenters. The molecule has 0 radical (unpaired) electrons. The summed E-state index contributed by atoms with van der Waals surface area (Å²) in [5.74, 6) is 7.51. The van der Waals surface area contributed by atoms with Crippen LogP contribution in [0.1, 0.15) is 5.56 Å². The summed E-state index contributed by atoms with van der Waals surface area (Å²) in [4.78, 5) is 0. The lowest BCUT2D eigenvalue weighted by atomic mass is 10.2. The van der Waals surface area contributed by atoms with E-state index in [1.54, 1.807) is 19.2 Å². The van der Waals surface area contributed by atoms with E-state index in [-0.39, 0.29) is 5.82 Å². The standard InChI is InChI=1S/C16H14BrFN4OS/c1-23-13-6-3-10(4-7-13)15-20-21-16(22(15)19)24-9-11-2-5-12(17)8-14(11)18/h2-8H,9,19H2,1H3. The fourth-order valence-electron chi connectivity index (χ4n) is 2.09. The number of halogens is 2. The van der Waals surface area contributed by atoms with E-state index in [9.17, 15) is 4.39 Å². The maximum atomic E-state index is 13.9. The van der Waals surface area contributed by atoms with Gasteiger partial charge in [-0.15, -0.1) is 10.2 Å². The molecule has 2 N–H and O–H groups in total. The molecule has 8 heteroatoms. The molecule has 0 bridgehead atoms. The highest BCUT2D eigenvalue weighted by atomic mass is 79.9. The smallest absolute Gasteiger partial charge is 0.210 e. The monoisotopic (exact) mass is 408 g/mol. The molecule has 24 heavy (non-hydrogen) atoms. The van der Waals surface area contributed by atoms with Gasteiger partial charge in [-0.3, -0.25) is 0 Å². The Hall–Kier alpha value is -2.06. The number of ether oxygens (including phenoxy) is 1. The number of rotatable bonds is 5. The number of hydrogen-bond donors (Lipinski definition) is 1. The van der Waals surface area contributed by atoms with E-state index in [0.717, 1.165) is 11.3 Å². The number of nitrogen functional groups attached to an aromatic ring is 1. The zero-order chi connectivity index (χ0) is 17.1. The molecule has 0 spiro atoms. The number of thioether (sulfide) groups is 1. The maximum Gasteiger partial charge on any atom is 0.210 e. The first-order valence-corrected chi connectivity index (χ1v) is 8.78. The number of methoxy groups -OCH3 is 1. The van der Waals surface area contributed by atoms with Gasteiger partial charge < -0.3 is 10.6 Å². The van der Waals surface area contributed by atoms with Crippen LogP contribution < -0.4 is 10.6 Å². The number of nitrogens with two attached hydrogens (primary N) is 1. The first kappa shape index (κ1) is 16.8. The van der Waals surface area contributed by atoms with Crippen LogP contribution >= 0.6 is 27.7 Å². The SMILES string of the molecule is COc1ccc(-c2nnc(SCc3ccc(Br)cc3F)n2N)cc1. The summed E-state index contributed by atoms with van der Waals surface area (Å²) in [6.45, 7) is 0. The lowest BCUT2D eigenvalue weighted by Crippen LogP contribution is -2.11. The summed E-state index contributed by atoms with van der Waals surface area (Å²) in [5, 5.41) is 8.72. The van der Waals surface area contributed by atoms with Crippen LogP contribution in [0.5, 0.6) is 5.75 Å². The zero-order valence-electron chi connectivity index (χ0n) is 12.7. The number of nitrogens with zero attached hydrogens (tertiary/aromatic N) is 3. The summed E-state index contributed by atoms with van der Waals surface area (Å²) in [6.07, 6.45) is 0. The van der Waals surface area contributed by atoms with Gasteiger partial charge in [0.05, 0.1) is 7.11 Å². The van der Waals surface area contributed by atoms with Gasteiger partial charge in [0.1, 0.15) is 11.6 Å². The Bertz CT molecular complexity index is 854. The summed E-state index contributed by atoms with van der Waals surface area (Å²) in [6, 6.07) is 12.3. The van der Waals surface area contributed by atoms with Crippen LogP contribution in [0.4, 0.5) is 4.39 Å². The predicted octanol–water partition coefficient (Wildman–Crippen LogP) is 3.86. The molecule has 0 aliphatic rings. The Morgan fingerprint density at radius 1 is 1.21 bits per heavy atom. The minimum atomic E-state index is -0.268. The van der Waals surface area contributed by atoms with Gasteiger partial charge in [-0.05, 0) is 42.0 Å². The van der Waals surface area contributed by atoms with Gasteiger partial charge in [-0.2, -0.15) is 0 Å². The molecule has 124 valence electrons. The first-order valence-electron chi connectivity index (χ1n) is 7.00. The third kappa shape index (κ3) is 3.54. The second-order valence-corrected chi connectivity index (χ2v) is 6.79. The van der Waals surface area contributed by atoms with Crippen molar-refractivity contribution in [1.82, 2.24) is 14.9 Å². The molecule has 0 aliphatic carbocycles. The Morgan fingerprint density at radius 3 is 2.62 bits per heavy atom. The molecule has 0 saturated heterocycles. The molecular weight excluding hydrogens is 395 g/mol. The molecule has 5 nitrogen and oxygen atoms in total. The second kappa shape index (κ2) is 7.23. The fraction of sp³-hybridized carbons (Fsp3) is 0.125. The van der Waals surface area contributed by atoms with E-state index >= 15 is 0 Å². The average molecular weight is 409 g/mol. The van der Waals surface area contributed by atoms with Crippen LogP contribution in [-0.4, -0.2) is 22.0 Å². The number of benzene rings is 2. The molecule has 1 aromatic heterocycles. The molecule has 3 rings (SSSR count). The van der Waals surface area contributed by atoms with E-state index in [1.807, 2.05) is 24.3 Å². The zero-order valence-corrected chi connectivity index (χ0v) is 15.1. The van der Waals surface area contributed by atoms with Crippen LogP contribution in [0.15, 0.2) is 52.1 Å². The fourth-order valence-corrected chi connectivity index (χ4v) is 3.27. The second-order valence-electron chi connectivity index (χ2n) is 4.93. The van der Waals surface area contributed by atoms with E-state index in [1.165, 1.54) is 22.5 Å². The predicted molar refractivity (Wildman–Crippen MR) is 95.8 cm³/mol. The summed E-state index contributed by atoms with van der Waals surface area (Å²) in [7, 11) is 1.61. The molecule has 1 heterocycles. The van der Waals surface area contributed by atoms with Crippen molar-refractivity contribution in [1.29, 1.82) is 0 Å². The Kier molecular flexibility index (Phi) is 5.06. The van der Waals surface area contributed by atoms with Crippen molar-refractivity contribution in [3.8, 4) is 17.1 Å². The highest BCUT2D eigenvalue weighted by molar-refractivity contribution is 9.10. The quantitative estimate of drug-likeness (QED) is 0.512. The molecule has 0 amide bonds. The molecule has 2 aromatic carbocycles. The first-order chi connectivity index (χ1) is 11.6. The van der Waals surface area contributed by atoms with Crippen molar-refractivity contribution in [2.75, 3.05) is 13.0 Å². The van der Waals surface area contributed by atoms with E-state index in [4.69, 9.17) is 10.6 Å². The van der Waals surface area contributed by atoms with Crippen molar-refractivity contribution < 1.29 is 9.13 Å². The Labute approximate surface area is 151 Å². The summed E-state index contributed by atoms with van der Waals surface area (Å²) >= 11 is 4.57. The third-order valence-electron chi connectivity index (χ3n) is 3.38. The van der Waals surface area contributed by atoms with Crippen molar-refractivity contribution in [2.45, 2.75) is 10.9 Å². The lowest BCUT2D eigenvalue weighted by Gasteiger charge is -2.05. The lowest BCUT2D eigenvalue weighted by molar-refractivity contribution is 0.415. The van der Waals surface area contributed by atoms with Crippen LogP contribution in [-0.2, 0) is 5.75 Å². The van der Waals surface area contributed by atoms with Crippen molar-refractivity contribution in [2.24, 2.45) is 0 Å². The number of hydrogen-bond acceptors (Lipinski definition) is 5. The molecule has 3 aromatic rings. The van der Waals surface area contributed by atoms with E-state index in [2.05, 4.69) is 26.1 Å². The van der Waals surface area contributed by atoms with Gasteiger partial charge in [-0.1, -0.05) is 33.8 Å². The molecule has 0 fully saturated rings. The van der Waals surface area contributed by atoms with Gasteiger partial charge in [0.15, 0.2) is 5.82 Å². The molecule has 0 atom stereocenters. The molecular formula is C16H14BrFN4OS. The van der Waals surface area contributed by atoms with Crippen LogP contribution in [0.25, 0.3) is 11.4 Å². The minimum Gasteiger partial charge on any atom is -0.497 e. The van der Waals surface area contributed by atoms with E-state index < -0.39 is 0 Å². The van der Waals surface area contributed by atoms with Crippen LogP contribution in [0.2, 0.25) is 0 Å². The minimum absolute atomic E-state index is 0.268. The average Bonchev–Trinajstić information content (AvgIpc) is 2.95. The largest absolute Gasteiger partial charge is 0.497 e. The Morgan fingerprint density at radius 2 is 1.96 bits per heavy atom. The maximum absolute atomic E-state index is 13.9. The van der Waals surface area contributed by atoms with Crippen molar-refractivity contribution in [3.63, 3.8) is 0 Å². The summed E-state index contributed by atoms with van der Waals surface area (Å²) in [5.41, 5.74) is 1.41.